The summed E-state index contributed by atoms with van der Waals surface area (Å²) in [6.45, 7) is 6.37. The molecule has 0 bridgehead atoms. The molecule has 1 unspecified atom stereocenters. The predicted octanol–water partition coefficient (Wildman–Crippen LogP) is 5.16. The summed E-state index contributed by atoms with van der Waals surface area (Å²) in [5, 5.41) is 2.98. The fourth-order valence-corrected chi connectivity index (χ4v) is 2.28. The van der Waals surface area contributed by atoms with E-state index in [1.165, 1.54) is 11.1 Å². The number of anilines is 1. The van der Waals surface area contributed by atoms with Crippen molar-refractivity contribution < 1.29 is 4.79 Å². The van der Waals surface area contributed by atoms with Crippen LogP contribution in [0.5, 0.6) is 0 Å². The summed E-state index contributed by atoms with van der Waals surface area (Å²) in [6.07, 6.45) is 4.46. The molecule has 2 rings (SSSR count). The molecule has 0 aromatic heterocycles. The topological polar surface area (TPSA) is 29.1 Å². The molecule has 0 spiro atoms. The average Bonchev–Trinajstić information content (AvgIpc) is 2.54. The van der Waals surface area contributed by atoms with Crippen LogP contribution in [0.1, 0.15) is 42.9 Å². The Labute approximate surface area is 132 Å². The van der Waals surface area contributed by atoms with Crippen LogP contribution in [0.4, 0.5) is 5.69 Å². The molecule has 0 aliphatic carbocycles. The van der Waals surface area contributed by atoms with Gasteiger partial charge in [0.1, 0.15) is 0 Å². The summed E-state index contributed by atoms with van der Waals surface area (Å²) < 4.78 is 0. The number of aryl methyl sites for hydroxylation is 1. The maximum absolute atomic E-state index is 12.1. The molecule has 0 fully saturated rings. The van der Waals surface area contributed by atoms with Crippen molar-refractivity contribution in [2.75, 3.05) is 5.32 Å². The second-order valence-corrected chi connectivity index (χ2v) is 5.63. The SMILES string of the molecule is CCC(C)c1ccccc1NC(=O)/C=C/c1ccc(C)cc1. The van der Waals surface area contributed by atoms with Gasteiger partial charge in [0.2, 0.25) is 5.91 Å². The zero-order valence-corrected chi connectivity index (χ0v) is 13.5. The molecule has 0 heterocycles. The van der Waals surface area contributed by atoms with Gasteiger partial charge in [-0.15, -0.1) is 0 Å². The van der Waals surface area contributed by atoms with Crippen LogP contribution < -0.4 is 5.32 Å². The molecule has 2 heteroatoms. The zero-order valence-electron chi connectivity index (χ0n) is 13.5. The van der Waals surface area contributed by atoms with Gasteiger partial charge in [-0.1, -0.05) is 61.9 Å². The lowest BCUT2D eigenvalue weighted by atomic mass is 9.97. The Morgan fingerprint density at radius 2 is 1.82 bits per heavy atom. The van der Waals surface area contributed by atoms with E-state index in [2.05, 4.69) is 25.2 Å². The van der Waals surface area contributed by atoms with E-state index in [0.717, 1.165) is 17.7 Å². The molecule has 0 saturated carbocycles. The molecule has 1 atom stereocenters. The number of para-hydroxylation sites is 1. The Bertz CT molecular complexity index is 656. The van der Waals surface area contributed by atoms with Crippen LogP contribution in [0.15, 0.2) is 54.6 Å². The summed E-state index contributed by atoms with van der Waals surface area (Å²) in [5.41, 5.74) is 4.32. The average molecular weight is 293 g/mol. The Kier molecular flexibility index (Phi) is 5.54. The zero-order chi connectivity index (χ0) is 15.9. The van der Waals surface area contributed by atoms with Gasteiger partial charge >= 0.3 is 0 Å². The van der Waals surface area contributed by atoms with E-state index in [-0.39, 0.29) is 5.91 Å². The summed E-state index contributed by atoms with van der Waals surface area (Å²) in [5.74, 6) is 0.328. The third-order valence-electron chi connectivity index (χ3n) is 3.87. The normalized spacial score (nSPS) is 12.3. The van der Waals surface area contributed by atoms with E-state index in [4.69, 9.17) is 0 Å². The monoisotopic (exact) mass is 293 g/mol. The van der Waals surface area contributed by atoms with Gasteiger partial charge in [0.05, 0.1) is 0 Å². The molecule has 1 amide bonds. The molecular formula is C20H23NO. The Morgan fingerprint density at radius 1 is 1.14 bits per heavy atom. The lowest BCUT2D eigenvalue weighted by molar-refractivity contribution is -0.111. The van der Waals surface area contributed by atoms with Crippen LogP contribution in [0.3, 0.4) is 0 Å². The molecule has 114 valence electrons. The van der Waals surface area contributed by atoms with E-state index >= 15 is 0 Å². The van der Waals surface area contributed by atoms with Crippen molar-refractivity contribution >= 4 is 17.7 Å². The van der Waals surface area contributed by atoms with E-state index in [1.54, 1.807) is 6.08 Å². The van der Waals surface area contributed by atoms with Gasteiger partial charge in [0.15, 0.2) is 0 Å². The molecule has 2 nitrogen and oxygen atoms in total. The third-order valence-corrected chi connectivity index (χ3v) is 3.87. The first-order chi connectivity index (χ1) is 10.6. The minimum atomic E-state index is -0.101. The smallest absolute Gasteiger partial charge is 0.248 e. The van der Waals surface area contributed by atoms with Crippen LogP contribution in [-0.2, 0) is 4.79 Å². The number of hydrogen-bond acceptors (Lipinski definition) is 1. The molecule has 22 heavy (non-hydrogen) atoms. The van der Waals surface area contributed by atoms with Gasteiger partial charge in [-0.25, -0.2) is 0 Å². The van der Waals surface area contributed by atoms with Crippen LogP contribution in [0.2, 0.25) is 0 Å². The molecule has 1 N–H and O–H groups in total. The van der Waals surface area contributed by atoms with Crippen LogP contribution >= 0.6 is 0 Å². The highest BCUT2D eigenvalue weighted by Crippen LogP contribution is 2.26. The lowest BCUT2D eigenvalue weighted by Crippen LogP contribution is -2.10. The van der Waals surface area contributed by atoms with Crippen molar-refractivity contribution in [3.63, 3.8) is 0 Å². The van der Waals surface area contributed by atoms with Crippen molar-refractivity contribution in [2.45, 2.75) is 33.1 Å². The van der Waals surface area contributed by atoms with Crippen LogP contribution in [0.25, 0.3) is 6.08 Å². The first kappa shape index (κ1) is 16.0. The van der Waals surface area contributed by atoms with Gasteiger partial charge in [0.25, 0.3) is 0 Å². The van der Waals surface area contributed by atoms with Gasteiger partial charge in [-0.3, -0.25) is 4.79 Å². The van der Waals surface area contributed by atoms with Gasteiger partial charge in [-0.05, 0) is 42.5 Å². The largest absolute Gasteiger partial charge is 0.322 e. The van der Waals surface area contributed by atoms with E-state index < -0.39 is 0 Å². The molecule has 2 aromatic carbocycles. The molecule has 0 saturated heterocycles. The molecular weight excluding hydrogens is 270 g/mol. The van der Waals surface area contributed by atoms with Crippen molar-refractivity contribution in [3.05, 3.63) is 71.3 Å². The fraction of sp³-hybridized carbons (Fsp3) is 0.250. The maximum Gasteiger partial charge on any atom is 0.248 e. The van der Waals surface area contributed by atoms with Crippen molar-refractivity contribution in [1.29, 1.82) is 0 Å². The Hall–Kier alpha value is -2.35. The van der Waals surface area contributed by atoms with Gasteiger partial charge < -0.3 is 5.32 Å². The van der Waals surface area contributed by atoms with Crippen LogP contribution in [-0.4, -0.2) is 5.91 Å². The summed E-state index contributed by atoms with van der Waals surface area (Å²) in [7, 11) is 0. The predicted molar refractivity (Wildman–Crippen MR) is 94.0 cm³/mol. The van der Waals surface area contributed by atoms with Crippen molar-refractivity contribution in [2.24, 2.45) is 0 Å². The second kappa shape index (κ2) is 7.60. The lowest BCUT2D eigenvalue weighted by Gasteiger charge is -2.14. The van der Waals surface area contributed by atoms with Crippen molar-refractivity contribution in [1.82, 2.24) is 0 Å². The van der Waals surface area contributed by atoms with Crippen LogP contribution in [0, 0.1) is 6.92 Å². The fourth-order valence-electron chi connectivity index (χ4n) is 2.28. The number of carbonyl (C=O) groups excluding carboxylic acids is 1. The standard InChI is InChI=1S/C20H23NO/c1-4-16(3)18-7-5-6-8-19(18)21-20(22)14-13-17-11-9-15(2)10-12-17/h5-14,16H,4H2,1-3H3,(H,21,22)/b14-13+. The number of rotatable bonds is 5. The number of carbonyl (C=O) groups is 1. The number of hydrogen-bond donors (Lipinski definition) is 1. The van der Waals surface area contributed by atoms with E-state index in [9.17, 15) is 4.79 Å². The highest BCUT2D eigenvalue weighted by molar-refractivity contribution is 6.02. The quantitative estimate of drug-likeness (QED) is 0.758. The van der Waals surface area contributed by atoms with Gasteiger partial charge in [0, 0.05) is 11.8 Å². The molecule has 0 radical (unpaired) electrons. The first-order valence-electron chi connectivity index (χ1n) is 7.74. The highest BCUT2D eigenvalue weighted by Gasteiger charge is 2.09. The van der Waals surface area contributed by atoms with Gasteiger partial charge in [-0.2, -0.15) is 0 Å². The van der Waals surface area contributed by atoms with E-state index in [0.29, 0.717) is 5.92 Å². The maximum atomic E-state index is 12.1. The Morgan fingerprint density at radius 3 is 2.50 bits per heavy atom. The highest BCUT2D eigenvalue weighted by atomic mass is 16.1. The minimum Gasteiger partial charge on any atom is -0.322 e. The molecule has 0 aliphatic rings. The number of amides is 1. The molecule has 2 aromatic rings. The Balaban J connectivity index is 2.08. The summed E-state index contributed by atoms with van der Waals surface area (Å²) in [4.78, 5) is 12.1. The summed E-state index contributed by atoms with van der Waals surface area (Å²) in [6, 6.07) is 16.1. The van der Waals surface area contributed by atoms with Crippen molar-refractivity contribution in [3.8, 4) is 0 Å². The van der Waals surface area contributed by atoms with E-state index in [1.807, 2.05) is 55.5 Å². The first-order valence-corrected chi connectivity index (χ1v) is 7.74. The third kappa shape index (κ3) is 4.32. The number of benzene rings is 2. The summed E-state index contributed by atoms with van der Waals surface area (Å²) >= 11 is 0. The molecule has 0 aliphatic heterocycles. The second-order valence-electron chi connectivity index (χ2n) is 5.63. The number of nitrogens with one attached hydrogen (secondary N) is 1. The minimum absolute atomic E-state index is 0.101.